The maximum atomic E-state index is 12.7. The van der Waals surface area contributed by atoms with Crippen LogP contribution < -0.4 is 24.8 Å². The molecule has 1 aliphatic heterocycles. The second-order valence-corrected chi connectivity index (χ2v) is 7.68. The number of benzene rings is 2. The highest BCUT2D eigenvalue weighted by molar-refractivity contribution is 5.91. The summed E-state index contributed by atoms with van der Waals surface area (Å²) in [7, 11) is 1.68. The van der Waals surface area contributed by atoms with Crippen molar-refractivity contribution in [1.29, 1.82) is 0 Å². The number of urea groups is 1. The molecule has 2 amide bonds. The van der Waals surface area contributed by atoms with E-state index in [2.05, 4.69) is 21.7 Å². The van der Waals surface area contributed by atoms with Gasteiger partial charge in [0.2, 0.25) is 0 Å². The number of carbonyl (C=O) groups is 1. The molecule has 7 nitrogen and oxygen atoms in total. The van der Waals surface area contributed by atoms with Crippen LogP contribution in [-0.4, -0.2) is 31.3 Å². The van der Waals surface area contributed by atoms with Gasteiger partial charge in [0.15, 0.2) is 11.5 Å². The average Bonchev–Trinajstić information content (AvgIpc) is 2.97. The van der Waals surface area contributed by atoms with Crippen LogP contribution in [0.25, 0.3) is 10.9 Å². The van der Waals surface area contributed by atoms with Crippen LogP contribution in [0.4, 0.5) is 10.5 Å². The summed E-state index contributed by atoms with van der Waals surface area (Å²) >= 11 is 0. The number of nitrogens with one attached hydrogen (secondary N) is 3. The van der Waals surface area contributed by atoms with E-state index in [9.17, 15) is 4.79 Å². The minimum Gasteiger partial charge on any atom is -0.497 e. The molecule has 0 bridgehead atoms. The van der Waals surface area contributed by atoms with Crippen LogP contribution in [0.2, 0.25) is 0 Å². The summed E-state index contributed by atoms with van der Waals surface area (Å²) < 4.78 is 16.7. The van der Waals surface area contributed by atoms with Crippen LogP contribution in [0.5, 0.6) is 17.2 Å². The van der Waals surface area contributed by atoms with Gasteiger partial charge in [0.05, 0.1) is 26.4 Å². The molecule has 30 heavy (non-hydrogen) atoms. The minimum absolute atomic E-state index is 0.0624. The van der Waals surface area contributed by atoms with E-state index in [1.807, 2.05) is 30.3 Å². The van der Waals surface area contributed by atoms with Crippen LogP contribution >= 0.6 is 0 Å². The van der Waals surface area contributed by atoms with Gasteiger partial charge in [-0.15, -0.1) is 0 Å². The highest BCUT2D eigenvalue weighted by atomic mass is 16.5. The van der Waals surface area contributed by atoms with Crippen molar-refractivity contribution < 1.29 is 19.0 Å². The number of methoxy groups -OCH3 is 1. The molecule has 3 N–H and O–H groups in total. The van der Waals surface area contributed by atoms with Gasteiger partial charge >= 0.3 is 6.03 Å². The van der Waals surface area contributed by atoms with E-state index < -0.39 is 0 Å². The second kappa shape index (κ2) is 7.82. The first-order valence-electron chi connectivity index (χ1n) is 10.4. The molecule has 0 saturated carbocycles. The molecule has 7 heteroatoms. The van der Waals surface area contributed by atoms with E-state index in [4.69, 9.17) is 14.2 Å². The lowest BCUT2D eigenvalue weighted by atomic mass is 9.92. The number of hydrogen-bond acceptors (Lipinski definition) is 4. The zero-order valence-electron chi connectivity index (χ0n) is 16.9. The standard InChI is InChI=1S/C23H25N3O4/c1-28-15-7-8-18-17(13-15)16-4-2-5-19(22(16)25-18)26-23(27)24-14-6-9-20-21(12-14)30-11-3-10-29-20/h6-9,12-13,19,25H,2-5,10-11H2,1H3,(H2,24,26,27)/t19-/m0/s1. The number of anilines is 1. The van der Waals surface area contributed by atoms with Crippen LogP contribution in [0.1, 0.15) is 36.6 Å². The Morgan fingerprint density at radius 3 is 2.83 bits per heavy atom. The highest BCUT2D eigenvalue weighted by Gasteiger charge is 2.26. The fourth-order valence-electron chi connectivity index (χ4n) is 4.28. The smallest absolute Gasteiger partial charge is 0.319 e. The third-order valence-corrected chi connectivity index (χ3v) is 5.73. The molecule has 1 atom stereocenters. The Morgan fingerprint density at radius 2 is 1.97 bits per heavy atom. The third kappa shape index (κ3) is 3.51. The van der Waals surface area contributed by atoms with E-state index in [1.165, 1.54) is 10.9 Å². The van der Waals surface area contributed by atoms with Crippen molar-refractivity contribution in [3.8, 4) is 17.2 Å². The van der Waals surface area contributed by atoms with Gasteiger partial charge in [-0.1, -0.05) is 0 Å². The second-order valence-electron chi connectivity index (χ2n) is 7.68. The summed E-state index contributed by atoms with van der Waals surface area (Å²) in [5, 5.41) is 7.21. The Labute approximate surface area is 174 Å². The fourth-order valence-corrected chi connectivity index (χ4v) is 4.28. The quantitative estimate of drug-likeness (QED) is 0.595. The molecule has 2 aliphatic rings. The van der Waals surface area contributed by atoms with Crippen molar-refractivity contribution in [2.45, 2.75) is 31.7 Å². The zero-order valence-corrected chi connectivity index (χ0v) is 16.9. The summed E-state index contributed by atoms with van der Waals surface area (Å²) in [6, 6.07) is 11.2. The van der Waals surface area contributed by atoms with Crippen molar-refractivity contribution in [3.05, 3.63) is 47.7 Å². The number of carbonyl (C=O) groups excluding carboxylic acids is 1. The largest absolute Gasteiger partial charge is 0.497 e. The molecule has 2 heterocycles. The molecule has 1 aliphatic carbocycles. The molecular weight excluding hydrogens is 382 g/mol. The minimum atomic E-state index is -0.237. The van der Waals surface area contributed by atoms with Gasteiger partial charge in [-0.2, -0.15) is 0 Å². The lowest BCUT2D eigenvalue weighted by molar-refractivity contribution is 0.247. The van der Waals surface area contributed by atoms with Crippen molar-refractivity contribution in [3.63, 3.8) is 0 Å². The number of aromatic nitrogens is 1. The van der Waals surface area contributed by atoms with Gasteiger partial charge in [0.25, 0.3) is 0 Å². The number of ether oxygens (including phenoxy) is 3. The maximum Gasteiger partial charge on any atom is 0.319 e. The monoisotopic (exact) mass is 407 g/mol. The maximum absolute atomic E-state index is 12.7. The van der Waals surface area contributed by atoms with Gasteiger partial charge in [-0.3, -0.25) is 0 Å². The predicted octanol–water partition coefficient (Wildman–Crippen LogP) is 4.54. The van der Waals surface area contributed by atoms with E-state index >= 15 is 0 Å². The van der Waals surface area contributed by atoms with Crippen molar-refractivity contribution in [2.75, 3.05) is 25.6 Å². The van der Waals surface area contributed by atoms with Crippen molar-refractivity contribution in [2.24, 2.45) is 0 Å². The number of amides is 2. The Hall–Kier alpha value is -3.35. The molecule has 5 rings (SSSR count). The molecule has 0 saturated heterocycles. The van der Waals surface area contributed by atoms with Gasteiger partial charge in [0.1, 0.15) is 5.75 Å². The first kappa shape index (κ1) is 18.7. The van der Waals surface area contributed by atoms with Crippen LogP contribution in [-0.2, 0) is 6.42 Å². The Balaban J connectivity index is 1.33. The molecular formula is C23H25N3O4. The third-order valence-electron chi connectivity index (χ3n) is 5.73. The highest BCUT2D eigenvalue weighted by Crippen LogP contribution is 2.36. The SMILES string of the molecule is COc1ccc2[nH]c3c(c2c1)CCC[C@@H]3NC(=O)Nc1ccc2c(c1)OCCCO2. The molecule has 156 valence electrons. The van der Waals surface area contributed by atoms with Gasteiger partial charge in [-0.25, -0.2) is 4.79 Å². The van der Waals surface area contributed by atoms with E-state index in [0.29, 0.717) is 30.4 Å². The molecule has 0 unspecified atom stereocenters. The Bertz CT molecular complexity index is 1090. The van der Waals surface area contributed by atoms with Crippen LogP contribution in [0.15, 0.2) is 36.4 Å². The first-order chi connectivity index (χ1) is 14.7. The molecule has 1 aromatic heterocycles. The van der Waals surface area contributed by atoms with E-state index in [0.717, 1.165) is 42.6 Å². The van der Waals surface area contributed by atoms with E-state index in [-0.39, 0.29) is 12.1 Å². The Kier molecular flexibility index (Phi) is 4.86. The summed E-state index contributed by atoms with van der Waals surface area (Å²) in [5.74, 6) is 2.21. The molecule has 0 spiro atoms. The number of hydrogen-bond donors (Lipinski definition) is 3. The van der Waals surface area contributed by atoms with Crippen LogP contribution in [0.3, 0.4) is 0 Å². The number of H-pyrrole nitrogens is 1. The predicted molar refractivity (Wildman–Crippen MR) is 115 cm³/mol. The molecule has 2 aromatic carbocycles. The number of aryl methyl sites for hydroxylation is 1. The Morgan fingerprint density at radius 1 is 1.10 bits per heavy atom. The number of aromatic amines is 1. The summed E-state index contributed by atoms with van der Waals surface area (Å²) in [6.07, 6.45) is 3.75. The fraction of sp³-hybridized carbons (Fsp3) is 0.348. The average molecular weight is 407 g/mol. The van der Waals surface area contributed by atoms with E-state index in [1.54, 1.807) is 7.11 Å². The molecule has 0 radical (unpaired) electrons. The lowest BCUT2D eigenvalue weighted by Gasteiger charge is -2.24. The van der Waals surface area contributed by atoms with Crippen LogP contribution in [0, 0.1) is 0 Å². The number of rotatable bonds is 3. The van der Waals surface area contributed by atoms with Gasteiger partial charge in [0, 0.05) is 34.8 Å². The van der Waals surface area contributed by atoms with Crippen molar-refractivity contribution in [1.82, 2.24) is 10.3 Å². The summed E-state index contributed by atoms with van der Waals surface area (Å²) in [6.45, 7) is 1.25. The zero-order chi connectivity index (χ0) is 20.5. The normalized spacial score (nSPS) is 17.7. The van der Waals surface area contributed by atoms with Gasteiger partial charge in [-0.05, 0) is 55.2 Å². The number of fused-ring (bicyclic) bond motifs is 4. The summed E-state index contributed by atoms with van der Waals surface area (Å²) in [5.41, 5.74) is 4.08. The topological polar surface area (TPSA) is 84.6 Å². The van der Waals surface area contributed by atoms with Crippen molar-refractivity contribution >= 4 is 22.6 Å². The first-order valence-corrected chi connectivity index (χ1v) is 10.4. The molecule has 3 aromatic rings. The summed E-state index contributed by atoms with van der Waals surface area (Å²) in [4.78, 5) is 16.2. The van der Waals surface area contributed by atoms with Gasteiger partial charge < -0.3 is 29.8 Å². The lowest BCUT2D eigenvalue weighted by Crippen LogP contribution is -2.34. The molecule has 0 fully saturated rings.